The van der Waals surface area contributed by atoms with Crippen LogP contribution in [0.15, 0.2) is 66.7 Å². The Hall–Kier alpha value is -2.66. The quantitative estimate of drug-likeness (QED) is 0.659. The van der Waals surface area contributed by atoms with Crippen molar-refractivity contribution >= 4 is 10.8 Å². The second-order valence-corrected chi connectivity index (χ2v) is 4.72. The van der Waals surface area contributed by atoms with Crippen LogP contribution in [0.4, 0.5) is 4.39 Å². The van der Waals surface area contributed by atoms with Crippen molar-refractivity contribution in [2.45, 2.75) is 5.92 Å². The SMILES string of the molecule is N#CC(c1ccc(F)cc1)c1ccc2ccccc2c1. The molecule has 0 amide bonds. The van der Waals surface area contributed by atoms with Crippen LogP contribution in [-0.2, 0) is 0 Å². The molecule has 0 aromatic heterocycles. The molecule has 0 aliphatic carbocycles. The third-order valence-electron chi connectivity index (χ3n) is 3.44. The summed E-state index contributed by atoms with van der Waals surface area (Å²) in [6, 6.07) is 22.4. The minimum atomic E-state index is -0.375. The van der Waals surface area contributed by atoms with Crippen molar-refractivity contribution in [2.75, 3.05) is 0 Å². The van der Waals surface area contributed by atoms with Gasteiger partial charge in [0.05, 0.1) is 12.0 Å². The van der Waals surface area contributed by atoms with Crippen molar-refractivity contribution in [1.29, 1.82) is 5.26 Å². The zero-order valence-corrected chi connectivity index (χ0v) is 10.8. The molecule has 0 saturated heterocycles. The first-order valence-electron chi connectivity index (χ1n) is 6.42. The van der Waals surface area contributed by atoms with Crippen molar-refractivity contribution < 1.29 is 4.39 Å². The van der Waals surface area contributed by atoms with E-state index in [1.165, 1.54) is 12.1 Å². The van der Waals surface area contributed by atoms with Gasteiger partial charge in [-0.3, -0.25) is 0 Å². The van der Waals surface area contributed by atoms with Crippen molar-refractivity contribution in [2.24, 2.45) is 0 Å². The van der Waals surface area contributed by atoms with E-state index in [4.69, 9.17) is 0 Å². The van der Waals surface area contributed by atoms with Gasteiger partial charge in [0.1, 0.15) is 5.82 Å². The van der Waals surface area contributed by atoms with E-state index < -0.39 is 0 Å². The van der Waals surface area contributed by atoms with E-state index in [1.54, 1.807) is 12.1 Å². The Labute approximate surface area is 116 Å². The van der Waals surface area contributed by atoms with Gasteiger partial charge in [-0.2, -0.15) is 5.26 Å². The van der Waals surface area contributed by atoms with Crippen LogP contribution in [0.2, 0.25) is 0 Å². The number of hydrogen-bond acceptors (Lipinski definition) is 1. The summed E-state index contributed by atoms with van der Waals surface area (Å²) >= 11 is 0. The van der Waals surface area contributed by atoms with Crippen molar-refractivity contribution in [3.63, 3.8) is 0 Å². The number of fused-ring (bicyclic) bond motifs is 1. The highest BCUT2D eigenvalue weighted by Crippen LogP contribution is 2.27. The summed E-state index contributed by atoms with van der Waals surface area (Å²) in [5, 5.41) is 11.7. The molecule has 0 heterocycles. The Bertz CT molecular complexity index is 784. The molecule has 0 saturated carbocycles. The van der Waals surface area contributed by atoms with Gasteiger partial charge in [0.15, 0.2) is 0 Å². The molecule has 20 heavy (non-hydrogen) atoms. The maximum Gasteiger partial charge on any atom is 0.123 e. The molecule has 3 rings (SSSR count). The molecule has 0 fully saturated rings. The lowest BCUT2D eigenvalue weighted by molar-refractivity contribution is 0.627. The van der Waals surface area contributed by atoms with Gasteiger partial charge in [-0.1, -0.05) is 48.5 Å². The zero-order chi connectivity index (χ0) is 13.9. The summed E-state index contributed by atoms with van der Waals surface area (Å²) in [5.41, 5.74) is 1.74. The van der Waals surface area contributed by atoms with E-state index in [1.807, 2.05) is 42.5 Å². The highest BCUT2D eigenvalue weighted by Gasteiger charge is 2.13. The lowest BCUT2D eigenvalue weighted by atomic mass is 9.91. The molecule has 0 aliphatic heterocycles. The Balaban J connectivity index is 2.07. The molecule has 1 nitrogen and oxygen atoms in total. The Morgan fingerprint density at radius 3 is 2.15 bits per heavy atom. The minimum Gasteiger partial charge on any atom is -0.207 e. The summed E-state index contributed by atoms with van der Waals surface area (Å²) in [6.07, 6.45) is 0. The Morgan fingerprint density at radius 2 is 1.45 bits per heavy atom. The van der Waals surface area contributed by atoms with Gasteiger partial charge < -0.3 is 0 Å². The smallest absolute Gasteiger partial charge is 0.123 e. The fraction of sp³-hybridized carbons (Fsp3) is 0.0556. The summed E-state index contributed by atoms with van der Waals surface area (Å²) in [4.78, 5) is 0. The van der Waals surface area contributed by atoms with Crippen LogP contribution >= 0.6 is 0 Å². The molecule has 1 unspecified atom stereocenters. The van der Waals surface area contributed by atoms with Crippen LogP contribution in [0.1, 0.15) is 17.0 Å². The highest BCUT2D eigenvalue weighted by molar-refractivity contribution is 5.83. The monoisotopic (exact) mass is 261 g/mol. The van der Waals surface area contributed by atoms with Crippen LogP contribution in [0.5, 0.6) is 0 Å². The predicted octanol–water partition coefficient (Wildman–Crippen LogP) is 4.63. The topological polar surface area (TPSA) is 23.8 Å². The molecule has 0 aliphatic rings. The van der Waals surface area contributed by atoms with E-state index in [2.05, 4.69) is 6.07 Å². The zero-order valence-electron chi connectivity index (χ0n) is 10.8. The molecule has 0 bridgehead atoms. The largest absolute Gasteiger partial charge is 0.207 e. The van der Waals surface area contributed by atoms with E-state index in [-0.39, 0.29) is 11.7 Å². The number of nitriles is 1. The standard InChI is InChI=1S/C18H12FN/c19-17-9-7-14(8-10-17)18(12-20)16-6-5-13-3-1-2-4-15(13)11-16/h1-11,18H. The van der Waals surface area contributed by atoms with E-state index in [9.17, 15) is 9.65 Å². The summed E-state index contributed by atoms with van der Waals surface area (Å²) < 4.78 is 13.0. The van der Waals surface area contributed by atoms with E-state index in [0.717, 1.165) is 21.9 Å². The van der Waals surface area contributed by atoms with Gasteiger partial charge in [0.25, 0.3) is 0 Å². The molecule has 2 heteroatoms. The first kappa shape index (κ1) is 12.4. The first-order valence-corrected chi connectivity index (χ1v) is 6.42. The maximum absolute atomic E-state index is 13.0. The average Bonchev–Trinajstić information content (AvgIpc) is 2.50. The third kappa shape index (κ3) is 2.26. The second kappa shape index (κ2) is 5.14. The van der Waals surface area contributed by atoms with Gasteiger partial charge in [-0.05, 0) is 40.1 Å². The number of rotatable bonds is 2. The van der Waals surface area contributed by atoms with Crippen LogP contribution in [0.3, 0.4) is 0 Å². The second-order valence-electron chi connectivity index (χ2n) is 4.72. The van der Waals surface area contributed by atoms with Gasteiger partial charge in [0.2, 0.25) is 0 Å². The lowest BCUT2D eigenvalue weighted by Crippen LogP contribution is -1.98. The number of benzene rings is 3. The van der Waals surface area contributed by atoms with Crippen molar-refractivity contribution in [3.8, 4) is 6.07 Å². The number of halogens is 1. The minimum absolute atomic E-state index is 0.288. The number of hydrogen-bond donors (Lipinski definition) is 0. The van der Waals surface area contributed by atoms with Crippen LogP contribution in [0, 0.1) is 17.1 Å². The van der Waals surface area contributed by atoms with Crippen LogP contribution in [-0.4, -0.2) is 0 Å². The first-order chi connectivity index (χ1) is 9.78. The van der Waals surface area contributed by atoms with E-state index in [0.29, 0.717) is 0 Å². The van der Waals surface area contributed by atoms with Gasteiger partial charge in [-0.25, -0.2) is 4.39 Å². The molecule has 3 aromatic carbocycles. The number of nitrogens with zero attached hydrogens (tertiary/aromatic N) is 1. The van der Waals surface area contributed by atoms with Gasteiger partial charge >= 0.3 is 0 Å². The highest BCUT2D eigenvalue weighted by atomic mass is 19.1. The van der Waals surface area contributed by atoms with Crippen molar-refractivity contribution in [1.82, 2.24) is 0 Å². The van der Waals surface area contributed by atoms with Gasteiger partial charge in [0, 0.05) is 0 Å². The third-order valence-corrected chi connectivity index (χ3v) is 3.44. The van der Waals surface area contributed by atoms with Crippen LogP contribution in [0.25, 0.3) is 10.8 Å². The molecular weight excluding hydrogens is 249 g/mol. The van der Waals surface area contributed by atoms with Gasteiger partial charge in [-0.15, -0.1) is 0 Å². The molecule has 3 aromatic rings. The fourth-order valence-corrected chi connectivity index (χ4v) is 2.38. The molecule has 96 valence electrons. The Kier molecular flexibility index (Phi) is 3.18. The van der Waals surface area contributed by atoms with Crippen molar-refractivity contribution in [3.05, 3.63) is 83.7 Å². The molecular formula is C18H12FN. The summed E-state index contributed by atoms with van der Waals surface area (Å²) in [5.74, 6) is -0.663. The van der Waals surface area contributed by atoms with Crippen LogP contribution < -0.4 is 0 Å². The molecule has 0 radical (unpaired) electrons. The van der Waals surface area contributed by atoms with E-state index >= 15 is 0 Å². The normalized spacial score (nSPS) is 12.0. The predicted molar refractivity (Wildman–Crippen MR) is 77.8 cm³/mol. The molecule has 0 spiro atoms. The summed E-state index contributed by atoms with van der Waals surface area (Å²) in [7, 11) is 0. The fourth-order valence-electron chi connectivity index (χ4n) is 2.38. The molecule has 0 N–H and O–H groups in total. The average molecular weight is 261 g/mol. The maximum atomic E-state index is 13.0. The molecule has 1 atom stereocenters. The summed E-state index contributed by atoms with van der Waals surface area (Å²) in [6.45, 7) is 0. The Morgan fingerprint density at radius 1 is 0.800 bits per heavy atom. The lowest BCUT2D eigenvalue weighted by Gasteiger charge is -2.11.